The summed E-state index contributed by atoms with van der Waals surface area (Å²) in [6.07, 6.45) is 7.82. The van der Waals surface area contributed by atoms with Gasteiger partial charge in [0, 0.05) is 17.1 Å². The van der Waals surface area contributed by atoms with Crippen LogP contribution in [0.3, 0.4) is 0 Å². The number of fused-ring (bicyclic) bond motifs is 3. The highest BCUT2D eigenvalue weighted by Crippen LogP contribution is 2.26. The molecule has 0 bridgehead atoms. The number of benzene rings is 1. The standard InChI is InChI=1S/C16H15N5/c1-2-7-13-12(6-1)14-15(21-13)16(20-10-19-14)18-9-11-5-3-4-8-17-11/h1-2,5-8,10,21H,3-4,9H2,(H,18,19,20). The van der Waals surface area contributed by atoms with Crippen molar-refractivity contribution in [2.24, 2.45) is 4.99 Å². The Morgan fingerprint density at radius 1 is 1.14 bits per heavy atom. The van der Waals surface area contributed by atoms with Crippen molar-refractivity contribution in [3.8, 4) is 0 Å². The molecule has 0 aliphatic carbocycles. The molecule has 3 aromatic rings. The summed E-state index contributed by atoms with van der Waals surface area (Å²) in [7, 11) is 0. The van der Waals surface area contributed by atoms with Crippen molar-refractivity contribution in [2.75, 3.05) is 11.9 Å². The van der Waals surface area contributed by atoms with E-state index < -0.39 is 0 Å². The highest BCUT2D eigenvalue weighted by atomic mass is 15.0. The van der Waals surface area contributed by atoms with Gasteiger partial charge < -0.3 is 10.3 Å². The molecule has 104 valence electrons. The number of aromatic nitrogens is 3. The third kappa shape index (κ3) is 2.16. The molecule has 21 heavy (non-hydrogen) atoms. The summed E-state index contributed by atoms with van der Waals surface area (Å²) < 4.78 is 0. The third-order valence-electron chi connectivity index (χ3n) is 3.66. The highest BCUT2D eigenvalue weighted by molar-refractivity contribution is 6.07. The van der Waals surface area contributed by atoms with Crippen LogP contribution in [-0.4, -0.2) is 27.7 Å². The summed E-state index contributed by atoms with van der Waals surface area (Å²) in [5.74, 6) is 0.817. The number of H-pyrrole nitrogens is 1. The third-order valence-corrected chi connectivity index (χ3v) is 3.66. The van der Waals surface area contributed by atoms with E-state index in [1.807, 2.05) is 18.3 Å². The Kier molecular flexibility index (Phi) is 2.88. The fraction of sp³-hybridized carbons (Fsp3) is 0.188. The second kappa shape index (κ2) is 5.01. The fourth-order valence-electron chi connectivity index (χ4n) is 2.63. The van der Waals surface area contributed by atoms with Crippen LogP contribution in [0.5, 0.6) is 0 Å². The van der Waals surface area contributed by atoms with Crippen LogP contribution in [0, 0.1) is 0 Å². The van der Waals surface area contributed by atoms with Crippen LogP contribution in [0.25, 0.3) is 21.9 Å². The Morgan fingerprint density at radius 3 is 3.00 bits per heavy atom. The average Bonchev–Trinajstić information content (AvgIpc) is 2.93. The van der Waals surface area contributed by atoms with Gasteiger partial charge in [0.15, 0.2) is 5.82 Å². The van der Waals surface area contributed by atoms with Gasteiger partial charge in [-0.3, -0.25) is 4.99 Å². The van der Waals surface area contributed by atoms with E-state index in [9.17, 15) is 0 Å². The van der Waals surface area contributed by atoms with Gasteiger partial charge in [0.25, 0.3) is 0 Å². The summed E-state index contributed by atoms with van der Waals surface area (Å²) in [5.41, 5.74) is 4.03. The quantitative estimate of drug-likeness (QED) is 0.772. The van der Waals surface area contributed by atoms with E-state index in [0.717, 1.165) is 46.3 Å². The van der Waals surface area contributed by atoms with Crippen molar-refractivity contribution in [1.29, 1.82) is 0 Å². The monoisotopic (exact) mass is 277 g/mol. The number of nitrogens with zero attached hydrogens (tertiary/aromatic N) is 3. The van der Waals surface area contributed by atoms with Crippen LogP contribution in [0.1, 0.15) is 12.8 Å². The van der Waals surface area contributed by atoms with Crippen LogP contribution < -0.4 is 5.32 Å². The molecular formula is C16H15N5. The molecule has 1 aliphatic rings. The molecule has 0 saturated carbocycles. The number of rotatable bonds is 3. The fourth-order valence-corrected chi connectivity index (χ4v) is 2.63. The van der Waals surface area contributed by atoms with Gasteiger partial charge in [-0.15, -0.1) is 0 Å². The molecule has 0 saturated heterocycles. The Balaban J connectivity index is 1.71. The predicted octanol–water partition coefficient (Wildman–Crippen LogP) is 3.27. The van der Waals surface area contributed by atoms with E-state index in [0.29, 0.717) is 6.54 Å². The molecule has 1 aliphatic heterocycles. The van der Waals surface area contributed by atoms with Crippen LogP contribution in [-0.2, 0) is 0 Å². The lowest BCUT2D eigenvalue weighted by molar-refractivity contribution is 1.01. The van der Waals surface area contributed by atoms with Crippen molar-refractivity contribution in [2.45, 2.75) is 12.8 Å². The van der Waals surface area contributed by atoms with Crippen LogP contribution in [0.4, 0.5) is 5.82 Å². The number of hydrogen-bond acceptors (Lipinski definition) is 4. The smallest absolute Gasteiger partial charge is 0.154 e. The highest BCUT2D eigenvalue weighted by Gasteiger charge is 2.10. The van der Waals surface area contributed by atoms with Crippen LogP contribution in [0.2, 0.25) is 0 Å². The minimum atomic E-state index is 0.679. The topological polar surface area (TPSA) is 66.0 Å². The summed E-state index contributed by atoms with van der Waals surface area (Å²) in [5, 5.41) is 4.47. The molecule has 0 fully saturated rings. The number of allylic oxidation sites excluding steroid dienone is 1. The van der Waals surface area contributed by atoms with Crippen molar-refractivity contribution >= 4 is 34.0 Å². The molecule has 1 aromatic carbocycles. The summed E-state index contributed by atoms with van der Waals surface area (Å²) in [6.45, 7) is 0.679. The normalized spacial score (nSPS) is 14.6. The zero-order chi connectivity index (χ0) is 14.1. The SMILES string of the molecule is C1=NC(CNc2ncnc3c2[nH]c2ccccc23)=CCC1. The molecule has 0 spiro atoms. The number of nitrogens with one attached hydrogen (secondary N) is 2. The van der Waals surface area contributed by atoms with Gasteiger partial charge in [-0.2, -0.15) is 0 Å². The maximum absolute atomic E-state index is 4.40. The average molecular weight is 277 g/mol. The number of anilines is 1. The molecule has 3 heterocycles. The molecule has 5 nitrogen and oxygen atoms in total. The maximum atomic E-state index is 4.40. The predicted molar refractivity (Wildman–Crippen MR) is 85.7 cm³/mol. The summed E-state index contributed by atoms with van der Waals surface area (Å²) >= 11 is 0. The Bertz CT molecular complexity index is 859. The van der Waals surface area contributed by atoms with Gasteiger partial charge in [-0.1, -0.05) is 24.3 Å². The van der Waals surface area contributed by atoms with Crippen LogP contribution >= 0.6 is 0 Å². The minimum absolute atomic E-state index is 0.679. The van der Waals surface area contributed by atoms with Gasteiger partial charge in [-0.05, 0) is 18.9 Å². The lowest BCUT2D eigenvalue weighted by atomic mass is 10.2. The van der Waals surface area contributed by atoms with Gasteiger partial charge in [-0.25, -0.2) is 9.97 Å². The number of aromatic amines is 1. The van der Waals surface area contributed by atoms with E-state index in [2.05, 4.69) is 43.5 Å². The summed E-state index contributed by atoms with van der Waals surface area (Å²) in [4.78, 5) is 16.5. The zero-order valence-corrected chi connectivity index (χ0v) is 11.5. The van der Waals surface area contributed by atoms with E-state index in [1.54, 1.807) is 6.33 Å². The first-order valence-electron chi connectivity index (χ1n) is 7.09. The first kappa shape index (κ1) is 12.1. The van der Waals surface area contributed by atoms with E-state index >= 15 is 0 Å². The summed E-state index contributed by atoms with van der Waals surface area (Å²) in [6, 6.07) is 8.15. The van der Waals surface area contributed by atoms with E-state index in [1.165, 1.54) is 0 Å². The molecule has 2 aromatic heterocycles. The number of para-hydroxylation sites is 1. The lowest BCUT2D eigenvalue weighted by Crippen LogP contribution is -2.07. The van der Waals surface area contributed by atoms with Crippen molar-refractivity contribution in [3.05, 3.63) is 42.4 Å². The number of hydrogen-bond donors (Lipinski definition) is 2. The largest absolute Gasteiger partial charge is 0.363 e. The molecule has 0 unspecified atom stereocenters. The molecule has 0 radical (unpaired) electrons. The van der Waals surface area contributed by atoms with E-state index in [-0.39, 0.29) is 0 Å². The Morgan fingerprint density at radius 2 is 2.10 bits per heavy atom. The van der Waals surface area contributed by atoms with E-state index in [4.69, 9.17) is 0 Å². The maximum Gasteiger partial charge on any atom is 0.154 e. The minimum Gasteiger partial charge on any atom is -0.363 e. The zero-order valence-electron chi connectivity index (χ0n) is 11.5. The van der Waals surface area contributed by atoms with Crippen LogP contribution in [0.15, 0.2) is 47.4 Å². The number of aliphatic imine (C=N–C) groups is 1. The Hall–Kier alpha value is -2.69. The first-order chi connectivity index (χ1) is 10.4. The van der Waals surface area contributed by atoms with Crippen molar-refractivity contribution in [3.63, 3.8) is 0 Å². The first-order valence-corrected chi connectivity index (χ1v) is 7.09. The van der Waals surface area contributed by atoms with Gasteiger partial charge >= 0.3 is 0 Å². The van der Waals surface area contributed by atoms with Crippen molar-refractivity contribution in [1.82, 2.24) is 15.0 Å². The van der Waals surface area contributed by atoms with Gasteiger partial charge in [0.05, 0.1) is 12.2 Å². The van der Waals surface area contributed by atoms with Gasteiger partial charge in [0.2, 0.25) is 0 Å². The molecular weight excluding hydrogens is 262 g/mol. The second-order valence-electron chi connectivity index (χ2n) is 5.05. The molecule has 2 N–H and O–H groups in total. The Labute approximate surface area is 121 Å². The second-order valence-corrected chi connectivity index (χ2v) is 5.05. The molecule has 0 atom stereocenters. The van der Waals surface area contributed by atoms with Crippen molar-refractivity contribution < 1.29 is 0 Å². The molecule has 0 amide bonds. The molecule has 4 rings (SSSR count). The van der Waals surface area contributed by atoms with Gasteiger partial charge in [0.1, 0.15) is 17.4 Å². The lowest BCUT2D eigenvalue weighted by Gasteiger charge is -2.08. The molecule has 5 heteroatoms.